The van der Waals surface area contributed by atoms with E-state index in [0.717, 1.165) is 41.3 Å². The number of hydrogen-bond acceptors (Lipinski definition) is 3. The third-order valence-electron chi connectivity index (χ3n) is 5.77. The van der Waals surface area contributed by atoms with E-state index in [2.05, 4.69) is 19.1 Å². The summed E-state index contributed by atoms with van der Waals surface area (Å²) < 4.78 is 12.0. The van der Waals surface area contributed by atoms with Crippen LogP contribution in [-0.2, 0) is 18.4 Å². The summed E-state index contributed by atoms with van der Waals surface area (Å²) in [5.41, 5.74) is 3.49. The molecule has 1 N–H and O–H groups in total. The Morgan fingerprint density at radius 3 is 2.81 bits per heavy atom. The van der Waals surface area contributed by atoms with E-state index in [4.69, 9.17) is 21.1 Å². The molecule has 5 heteroatoms. The van der Waals surface area contributed by atoms with Crippen molar-refractivity contribution < 1.29 is 14.5 Å². The molecule has 2 aromatic rings. The Hall–Kier alpha value is -1.75. The molecule has 26 heavy (non-hydrogen) atoms. The summed E-state index contributed by atoms with van der Waals surface area (Å²) >= 11 is 6.35. The van der Waals surface area contributed by atoms with Crippen LogP contribution in [0, 0.1) is 5.21 Å². The zero-order valence-corrected chi connectivity index (χ0v) is 15.8. The Kier molecular flexibility index (Phi) is 4.82. The molecule has 0 saturated carbocycles. The Balaban J connectivity index is 1.51. The molecule has 0 bridgehead atoms. The number of aryl methyl sites for hydroxylation is 1. The first-order valence-corrected chi connectivity index (χ1v) is 9.67. The standard InChI is InChI=1S/C21H24ClNO3/c1-2-15-4-3-5-19(22)17(15)13-25-16-6-7-18-20(12-16)26-14-21(18)8-10-23(24)11-9-21/h3-7,12,23H,2,8-11,13-14H2,1H3. The number of quaternary nitrogens is 1. The van der Waals surface area contributed by atoms with Crippen LogP contribution in [0.25, 0.3) is 0 Å². The molecule has 0 atom stereocenters. The number of fused-ring (bicyclic) bond motifs is 2. The molecule has 1 saturated heterocycles. The molecule has 2 aliphatic rings. The second-order valence-corrected chi connectivity index (χ2v) is 7.69. The van der Waals surface area contributed by atoms with E-state index in [1.165, 1.54) is 11.1 Å². The lowest BCUT2D eigenvalue weighted by Gasteiger charge is -2.37. The number of halogens is 1. The molecular weight excluding hydrogens is 350 g/mol. The zero-order valence-electron chi connectivity index (χ0n) is 15.0. The number of nitrogens with one attached hydrogen (secondary N) is 1. The van der Waals surface area contributed by atoms with Crippen molar-refractivity contribution in [3.05, 3.63) is 63.3 Å². The first-order valence-electron chi connectivity index (χ1n) is 9.29. The second kappa shape index (κ2) is 7.10. The highest BCUT2D eigenvalue weighted by atomic mass is 35.5. The molecule has 2 aromatic carbocycles. The maximum atomic E-state index is 11.6. The van der Waals surface area contributed by atoms with Crippen LogP contribution in [0.4, 0.5) is 0 Å². The lowest BCUT2D eigenvalue weighted by Crippen LogP contribution is -3.08. The molecular formula is C21H24ClNO3. The Bertz CT molecular complexity index is 800. The lowest BCUT2D eigenvalue weighted by atomic mass is 9.75. The van der Waals surface area contributed by atoms with Gasteiger partial charge in [0.05, 0.1) is 19.7 Å². The van der Waals surface area contributed by atoms with E-state index in [1.54, 1.807) is 0 Å². The third kappa shape index (κ3) is 3.18. The Morgan fingerprint density at radius 2 is 2.04 bits per heavy atom. The van der Waals surface area contributed by atoms with E-state index >= 15 is 0 Å². The van der Waals surface area contributed by atoms with Crippen molar-refractivity contribution in [3.63, 3.8) is 0 Å². The molecule has 0 aromatic heterocycles. The fraction of sp³-hybridized carbons (Fsp3) is 0.429. The van der Waals surface area contributed by atoms with Crippen molar-refractivity contribution in [1.29, 1.82) is 0 Å². The fourth-order valence-corrected chi connectivity index (χ4v) is 4.37. The molecule has 138 valence electrons. The van der Waals surface area contributed by atoms with Gasteiger partial charge in [-0.25, -0.2) is 0 Å². The van der Waals surface area contributed by atoms with Crippen molar-refractivity contribution >= 4 is 11.6 Å². The molecule has 1 fully saturated rings. The number of benzene rings is 2. The van der Waals surface area contributed by atoms with Gasteiger partial charge >= 0.3 is 0 Å². The molecule has 0 aliphatic carbocycles. The van der Waals surface area contributed by atoms with E-state index < -0.39 is 0 Å². The van der Waals surface area contributed by atoms with E-state index in [1.807, 2.05) is 24.3 Å². The van der Waals surface area contributed by atoms with Crippen LogP contribution in [0.15, 0.2) is 36.4 Å². The summed E-state index contributed by atoms with van der Waals surface area (Å²) in [6, 6.07) is 12.1. The summed E-state index contributed by atoms with van der Waals surface area (Å²) in [5, 5.41) is 12.7. The van der Waals surface area contributed by atoms with Gasteiger partial charge in [0.1, 0.15) is 18.1 Å². The zero-order chi connectivity index (χ0) is 18.1. The maximum Gasteiger partial charge on any atom is 0.126 e. The van der Waals surface area contributed by atoms with Crippen LogP contribution >= 0.6 is 11.6 Å². The maximum absolute atomic E-state index is 11.6. The van der Waals surface area contributed by atoms with E-state index in [-0.39, 0.29) is 5.41 Å². The third-order valence-corrected chi connectivity index (χ3v) is 6.13. The van der Waals surface area contributed by atoms with Gasteiger partial charge in [0.25, 0.3) is 0 Å². The van der Waals surface area contributed by atoms with Crippen molar-refractivity contribution in [2.24, 2.45) is 0 Å². The molecule has 2 aliphatic heterocycles. The second-order valence-electron chi connectivity index (χ2n) is 7.29. The summed E-state index contributed by atoms with van der Waals surface area (Å²) in [5.74, 6) is 1.68. The summed E-state index contributed by atoms with van der Waals surface area (Å²) in [6.45, 7) is 4.55. The first kappa shape index (κ1) is 17.7. The summed E-state index contributed by atoms with van der Waals surface area (Å²) in [6.07, 6.45) is 2.70. The molecule has 4 nitrogen and oxygen atoms in total. The van der Waals surface area contributed by atoms with Crippen LogP contribution in [0.5, 0.6) is 11.5 Å². The summed E-state index contributed by atoms with van der Waals surface area (Å²) in [4.78, 5) is 0. The average Bonchev–Trinajstić information content (AvgIpc) is 3.01. The number of rotatable bonds is 4. The van der Waals surface area contributed by atoms with Crippen LogP contribution in [-0.4, -0.2) is 19.7 Å². The van der Waals surface area contributed by atoms with Crippen molar-refractivity contribution in [1.82, 2.24) is 0 Å². The minimum atomic E-state index is 0.0138. The molecule has 4 rings (SSSR count). The number of ether oxygens (including phenoxy) is 2. The van der Waals surface area contributed by atoms with Crippen LogP contribution in [0.3, 0.4) is 0 Å². The molecule has 0 amide bonds. The predicted molar refractivity (Wildman–Crippen MR) is 102 cm³/mol. The highest BCUT2D eigenvalue weighted by Gasteiger charge is 2.43. The number of hydroxylamine groups is 2. The van der Waals surface area contributed by atoms with Gasteiger partial charge in [-0.05, 0) is 24.1 Å². The van der Waals surface area contributed by atoms with Gasteiger partial charge < -0.3 is 19.7 Å². The SMILES string of the molecule is CCc1cccc(Cl)c1COc1ccc2c(c1)OCC21CC[NH+]([O-])CC1. The fourth-order valence-electron chi connectivity index (χ4n) is 4.12. The van der Waals surface area contributed by atoms with Crippen molar-refractivity contribution in [2.75, 3.05) is 19.7 Å². The number of hydrogen-bond donors (Lipinski definition) is 1. The van der Waals surface area contributed by atoms with Gasteiger partial charge in [-0.2, -0.15) is 0 Å². The van der Waals surface area contributed by atoms with Crippen LogP contribution in [0.1, 0.15) is 36.5 Å². The summed E-state index contributed by atoms with van der Waals surface area (Å²) in [7, 11) is 0. The first-order chi connectivity index (χ1) is 12.6. The van der Waals surface area contributed by atoms with Gasteiger partial charge in [-0.15, -0.1) is 0 Å². The monoisotopic (exact) mass is 373 g/mol. The number of piperidine rings is 1. The molecule has 0 radical (unpaired) electrons. The topological polar surface area (TPSA) is 46.0 Å². The van der Waals surface area contributed by atoms with Gasteiger partial charge in [-0.1, -0.05) is 36.7 Å². The highest BCUT2D eigenvalue weighted by molar-refractivity contribution is 6.31. The van der Waals surface area contributed by atoms with E-state index in [0.29, 0.717) is 31.4 Å². The minimum Gasteiger partial charge on any atom is -0.634 e. The highest BCUT2D eigenvalue weighted by Crippen LogP contribution is 2.45. The van der Waals surface area contributed by atoms with Gasteiger partial charge in [0.15, 0.2) is 0 Å². The molecule has 1 spiro atoms. The van der Waals surface area contributed by atoms with Crippen LogP contribution in [0.2, 0.25) is 5.02 Å². The normalized spacial score (nSPS) is 24.3. The average molecular weight is 374 g/mol. The smallest absolute Gasteiger partial charge is 0.126 e. The Labute approximate surface area is 159 Å². The molecule has 0 unspecified atom stereocenters. The van der Waals surface area contributed by atoms with Gasteiger partial charge in [0, 0.05) is 40.5 Å². The lowest BCUT2D eigenvalue weighted by molar-refractivity contribution is -0.855. The predicted octanol–water partition coefficient (Wildman–Crippen LogP) is 3.29. The quantitative estimate of drug-likeness (QED) is 0.836. The Morgan fingerprint density at radius 1 is 1.23 bits per heavy atom. The van der Waals surface area contributed by atoms with Gasteiger partial charge in [-0.3, -0.25) is 0 Å². The van der Waals surface area contributed by atoms with Crippen molar-refractivity contribution in [2.45, 2.75) is 38.2 Å². The van der Waals surface area contributed by atoms with Gasteiger partial charge in [0.2, 0.25) is 0 Å². The molecule has 2 heterocycles. The largest absolute Gasteiger partial charge is 0.634 e. The van der Waals surface area contributed by atoms with Crippen LogP contribution < -0.4 is 14.5 Å². The van der Waals surface area contributed by atoms with E-state index in [9.17, 15) is 5.21 Å². The minimum absolute atomic E-state index is 0.0138. The van der Waals surface area contributed by atoms with Crippen molar-refractivity contribution in [3.8, 4) is 11.5 Å².